The van der Waals surface area contributed by atoms with E-state index in [4.69, 9.17) is 9.26 Å². The topological polar surface area (TPSA) is 73.1 Å². The van der Waals surface area contributed by atoms with Crippen LogP contribution in [0.1, 0.15) is 0 Å². The van der Waals surface area contributed by atoms with Gasteiger partial charge in [0.1, 0.15) is 5.69 Å². The normalized spacial score (nSPS) is 10.6. The zero-order chi connectivity index (χ0) is 13.0. The third-order valence-electron chi connectivity index (χ3n) is 2.03. The zero-order valence-electron chi connectivity index (χ0n) is 9.48. The summed E-state index contributed by atoms with van der Waals surface area (Å²) in [7, 11) is 1.63. The SMILES string of the molecule is COCCNc1nc(-c2ncc(Br)cc2Br)no1. The quantitative estimate of drug-likeness (QED) is 0.807. The summed E-state index contributed by atoms with van der Waals surface area (Å²) in [4.78, 5) is 8.42. The second kappa shape index (κ2) is 6.26. The van der Waals surface area contributed by atoms with Crippen LogP contribution in [0.4, 0.5) is 6.01 Å². The first kappa shape index (κ1) is 13.4. The minimum atomic E-state index is 0.346. The fourth-order valence-corrected chi connectivity index (χ4v) is 2.40. The summed E-state index contributed by atoms with van der Waals surface area (Å²) in [6.45, 7) is 1.17. The van der Waals surface area contributed by atoms with Crippen LogP contribution in [0.25, 0.3) is 11.5 Å². The second-order valence-electron chi connectivity index (χ2n) is 3.33. The maximum Gasteiger partial charge on any atom is 0.321 e. The predicted molar refractivity (Wildman–Crippen MR) is 73.3 cm³/mol. The van der Waals surface area contributed by atoms with Gasteiger partial charge in [0, 0.05) is 28.8 Å². The minimum Gasteiger partial charge on any atom is -0.383 e. The van der Waals surface area contributed by atoms with Gasteiger partial charge in [-0.3, -0.25) is 4.98 Å². The summed E-state index contributed by atoms with van der Waals surface area (Å²) in [5, 5.41) is 6.81. The van der Waals surface area contributed by atoms with E-state index in [9.17, 15) is 0 Å². The Bertz CT molecular complexity index is 532. The molecule has 0 aliphatic heterocycles. The smallest absolute Gasteiger partial charge is 0.321 e. The Labute approximate surface area is 120 Å². The van der Waals surface area contributed by atoms with Crippen molar-refractivity contribution in [2.45, 2.75) is 0 Å². The minimum absolute atomic E-state index is 0.346. The molecule has 0 unspecified atom stereocenters. The van der Waals surface area contributed by atoms with E-state index in [0.29, 0.717) is 30.7 Å². The van der Waals surface area contributed by atoms with Crippen LogP contribution in [0.5, 0.6) is 0 Å². The number of hydrogen-bond acceptors (Lipinski definition) is 6. The third-order valence-corrected chi connectivity index (χ3v) is 3.07. The van der Waals surface area contributed by atoms with E-state index in [1.807, 2.05) is 6.07 Å². The molecule has 0 saturated carbocycles. The Morgan fingerprint density at radius 2 is 2.28 bits per heavy atom. The van der Waals surface area contributed by atoms with Crippen molar-refractivity contribution in [2.75, 3.05) is 25.6 Å². The number of ether oxygens (including phenoxy) is 1. The monoisotopic (exact) mass is 376 g/mol. The molecule has 8 heteroatoms. The fraction of sp³-hybridized carbons (Fsp3) is 0.300. The highest BCUT2D eigenvalue weighted by Crippen LogP contribution is 2.26. The van der Waals surface area contributed by atoms with Gasteiger partial charge in [0.05, 0.1) is 6.61 Å². The van der Waals surface area contributed by atoms with Gasteiger partial charge in [0.25, 0.3) is 0 Å². The number of nitrogens with one attached hydrogen (secondary N) is 1. The van der Waals surface area contributed by atoms with E-state index in [0.717, 1.165) is 8.95 Å². The number of anilines is 1. The van der Waals surface area contributed by atoms with E-state index in [2.05, 4.69) is 52.3 Å². The lowest BCUT2D eigenvalue weighted by Gasteiger charge is -1.98. The highest BCUT2D eigenvalue weighted by molar-refractivity contribution is 9.11. The first-order chi connectivity index (χ1) is 8.70. The van der Waals surface area contributed by atoms with Gasteiger partial charge in [-0.25, -0.2) is 0 Å². The number of aromatic nitrogens is 3. The Balaban J connectivity index is 2.13. The summed E-state index contributed by atoms with van der Waals surface area (Å²) in [6, 6.07) is 2.22. The molecule has 0 amide bonds. The van der Waals surface area contributed by atoms with Crippen molar-refractivity contribution in [2.24, 2.45) is 0 Å². The number of nitrogens with zero attached hydrogens (tertiary/aromatic N) is 3. The molecule has 96 valence electrons. The third kappa shape index (κ3) is 3.27. The molecule has 2 heterocycles. The number of halogens is 2. The van der Waals surface area contributed by atoms with E-state index >= 15 is 0 Å². The molecule has 0 saturated heterocycles. The molecular formula is C10H10Br2N4O2. The van der Waals surface area contributed by atoms with Crippen LogP contribution < -0.4 is 5.32 Å². The van der Waals surface area contributed by atoms with E-state index in [1.54, 1.807) is 13.3 Å². The Morgan fingerprint density at radius 3 is 3.00 bits per heavy atom. The number of pyridine rings is 1. The van der Waals surface area contributed by atoms with Crippen molar-refractivity contribution in [3.05, 3.63) is 21.2 Å². The number of methoxy groups -OCH3 is 1. The molecule has 0 aliphatic rings. The van der Waals surface area contributed by atoms with Gasteiger partial charge in [0.2, 0.25) is 5.82 Å². The molecule has 0 radical (unpaired) electrons. The van der Waals surface area contributed by atoms with Gasteiger partial charge >= 0.3 is 6.01 Å². The van der Waals surface area contributed by atoms with Crippen LogP contribution in [0, 0.1) is 0 Å². The van der Waals surface area contributed by atoms with Crippen molar-refractivity contribution < 1.29 is 9.26 Å². The maximum atomic E-state index is 5.05. The summed E-state index contributed by atoms with van der Waals surface area (Å²) < 4.78 is 11.6. The van der Waals surface area contributed by atoms with Gasteiger partial charge in [-0.1, -0.05) is 5.16 Å². The number of rotatable bonds is 5. The van der Waals surface area contributed by atoms with Crippen LogP contribution in [0.2, 0.25) is 0 Å². The molecule has 1 N–H and O–H groups in total. The van der Waals surface area contributed by atoms with Crippen molar-refractivity contribution in [1.29, 1.82) is 0 Å². The van der Waals surface area contributed by atoms with Gasteiger partial charge in [-0.2, -0.15) is 4.98 Å². The average Bonchev–Trinajstić information content (AvgIpc) is 2.78. The Kier molecular flexibility index (Phi) is 4.67. The van der Waals surface area contributed by atoms with Gasteiger partial charge in [-0.05, 0) is 37.9 Å². The average molecular weight is 378 g/mol. The molecule has 2 aromatic rings. The van der Waals surface area contributed by atoms with Gasteiger partial charge in [0.15, 0.2) is 0 Å². The maximum absolute atomic E-state index is 5.05. The van der Waals surface area contributed by atoms with Crippen LogP contribution >= 0.6 is 31.9 Å². The van der Waals surface area contributed by atoms with Crippen molar-refractivity contribution >= 4 is 37.9 Å². The summed E-state index contributed by atoms with van der Waals surface area (Å²) in [5.41, 5.74) is 0.627. The predicted octanol–water partition coefficient (Wildman–Crippen LogP) is 2.71. The summed E-state index contributed by atoms with van der Waals surface area (Å²) >= 11 is 6.74. The molecule has 0 bridgehead atoms. The van der Waals surface area contributed by atoms with Gasteiger partial charge < -0.3 is 14.6 Å². The lowest BCUT2D eigenvalue weighted by Crippen LogP contribution is -2.07. The number of hydrogen-bond donors (Lipinski definition) is 1. The Hall–Kier alpha value is -0.990. The highest BCUT2D eigenvalue weighted by atomic mass is 79.9. The molecule has 0 atom stereocenters. The van der Waals surface area contributed by atoms with Crippen LogP contribution in [0.3, 0.4) is 0 Å². The van der Waals surface area contributed by atoms with Crippen LogP contribution in [-0.4, -0.2) is 35.4 Å². The summed E-state index contributed by atoms with van der Waals surface area (Å²) in [6.07, 6.45) is 1.68. The molecule has 18 heavy (non-hydrogen) atoms. The van der Waals surface area contributed by atoms with E-state index < -0.39 is 0 Å². The van der Waals surface area contributed by atoms with Gasteiger partial charge in [-0.15, -0.1) is 0 Å². The lowest BCUT2D eigenvalue weighted by molar-refractivity contribution is 0.210. The Morgan fingerprint density at radius 1 is 1.44 bits per heavy atom. The van der Waals surface area contributed by atoms with Crippen LogP contribution in [-0.2, 0) is 4.74 Å². The molecule has 2 rings (SSSR count). The van der Waals surface area contributed by atoms with Crippen molar-refractivity contribution in [1.82, 2.24) is 15.1 Å². The standard InChI is InChI=1S/C10H10Br2N4O2/c1-17-3-2-13-10-15-9(16-18-10)8-7(12)4-6(11)5-14-8/h4-5H,2-3H2,1H3,(H,13,15,16). The molecule has 0 aliphatic carbocycles. The largest absolute Gasteiger partial charge is 0.383 e. The molecule has 0 spiro atoms. The molecular weight excluding hydrogens is 368 g/mol. The highest BCUT2D eigenvalue weighted by Gasteiger charge is 2.13. The molecule has 6 nitrogen and oxygen atoms in total. The molecule has 0 fully saturated rings. The van der Waals surface area contributed by atoms with E-state index in [-0.39, 0.29) is 0 Å². The summed E-state index contributed by atoms with van der Waals surface area (Å²) in [5.74, 6) is 0.425. The van der Waals surface area contributed by atoms with E-state index in [1.165, 1.54) is 0 Å². The fourth-order valence-electron chi connectivity index (χ4n) is 1.23. The van der Waals surface area contributed by atoms with Crippen molar-refractivity contribution in [3.63, 3.8) is 0 Å². The molecule has 0 aromatic carbocycles. The van der Waals surface area contributed by atoms with Crippen LogP contribution in [0.15, 0.2) is 25.7 Å². The lowest BCUT2D eigenvalue weighted by atomic mass is 10.3. The first-order valence-electron chi connectivity index (χ1n) is 5.08. The molecule has 2 aromatic heterocycles. The second-order valence-corrected chi connectivity index (χ2v) is 5.10. The first-order valence-corrected chi connectivity index (χ1v) is 6.67. The zero-order valence-corrected chi connectivity index (χ0v) is 12.7. The van der Waals surface area contributed by atoms with Crippen molar-refractivity contribution in [3.8, 4) is 11.5 Å².